The van der Waals surface area contributed by atoms with Crippen LogP contribution in [0.3, 0.4) is 0 Å². The van der Waals surface area contributed by atoms with Crippen molar-refractivity contribution in [2.45, 2.75) is 42.2 Å². The molecular weight excluding hydrogens is 707 g/mol. The Morgan fingerprint density at radius 1 is 1.15 bits per heavy atom. The fourth-order valence-electron chi connectivity index (χ4n) is 4.97. The summed E-state index contributed by atoms with van der Waals surface area (Å²) in [7, 11) is -4.28. The molecule has 1 saturated heterocycles. The van der Waals surface area contributed by atoms with E-state index in [1.54, 1.807) is 0 Å². The number of carbonyl (C=O) groups excluding carboxylic acids is 1. The van der Waals surface area contributed by atoms with Crippen LogP contribution in [-0.4, -0.2) is 54.6 Å². The molecule has 2 fully saturated rings. The summed E-state index contributed by atoms with van der Waals surface area (Å²) in [4.78, 5) is 27.6. The zero-order valence-corrected chi connectivity index (χ0v) is 27.2. The molecule has 0 amide bonds. The maximum absolute atomic E-state index is 13.8. The Labute approximate surface area is 280 Å². The number of aromatic nitrogens is 2. The molecule has 2 unspecified atom stereocenters. The maximum Gasteiger partial charge on any atom is 0.417 e. The quantitative estimate of drug-likeness (QED) is 0.119. The van der Waals surface area contributed by atoms with Crippen LogP contribution in [0.4, 0.5) is 8.78 Å². The Kier molecular flexibility index (Phi) is 9.58. The van der Waals surface area contributed by atoms with Crippen molar-refractivity contribution in [2.24, 2.45) is 5.92 Å². The number of sulfonamides is 1. The van der Waals surface area contributed by atoms with Crippen molar-refractivity contribution in [3.63, 3.8) is 0 Å². The van der Waals surface area contributed by atoms with Gasteiger partial charge in [-0.2, -0.15) is 17.8 Å². The second-order valence-corrected chi connectivity index (χ2v) is 14.7. The molecule has 250 valence electrons. The van der Waals surface area contributed by atoms with E-state index in [0.29, 0.717) is 10.2 Å². The number of esters is 1. The van der Waals surface area contributed by atoms with Gasteiger partial charge in [0.15, 0.2) is 34.8 Å². The first-order valence-corrected chi connectivity index (χ1v) is 17.4. The Hall–Kier alpha value is -3.57. The smallest absolute Gasteiger partial charge is 0.417 e. The highest BCUT2D eigenvalue weighted by atomic mass is 35.5. The molecule has 0 spiro atoms. The summed E-state index contributed by atoms with van der Waals surface area (Å²) in [6.45, 7) is -2.89. The van der Waals surface area contributed by atoms with E-state index in [-0.39, 0.29) is 74.4 Å². The molecule has 0 bridgehead atoms. The number of rotatable bonds is 12. The number of thioether (sulfide) groups is 1. The van der Waals surface area contributed by atoms with Gasteiger partial charge in [0.1, 0.15) is 16.1 Å². The number of carbonyl (C=O) groups is 1. The SMILES string of the molecule is O=C(OC(Cc1c(Cl)c[n+]([O-])cc1Cl)c1ccc(OC(F)F)c(OCC2CC2)c1)C1SCCN1S(=O)(=O)c1ccc2[nH]c(=O)oc2c1. The number of fused-ring (bicyclic) bond motifs is 1. The first-order chi connectivity index (χ1) is 22.4. The van der Waals surface area contributed by atoms with Crippen LogP contribution in [0.2, 0.25) is 10.0 Å². The molecule has 3 heterocycles. The number of aromatic amines is 1. The zero-order chi connectivity index (χ0) is 33.5. The lowest BCUT2D eigenvalue weighted by molar-refractivity contribution is -0.605. The van der Waals surface area contributed by atoms with E-state index in [1.165, 1.54) is 36.4 Å². The van der Waals surface area contributed by atoms with Crippen molar-refractivity contribution < 1.29 is 45.4 Å². The zero-order valence-electron chi connectivity index (χ0n) is 24.1. The molecule has 0 radical (unpaired) electrons. The second-order valence-electron chi connectivity index (χ2n) is 10.8. The van der Waals surface area contributed by atoms with Crippen molar-refractivity contribution in [3.05, 3.63) is 85.7 Å². The summed E-state index contributed by atoms with van der Waals surface area (Å²) in [5.41, 5.74) is 0.852. The van der Waals surface area contributed by atoms with Crippen LogP contribution in [0.25, 0.3) is 11.1 Å². The Morgan fingerprint density at radius 2 is 1.89 bits per heavy atom. The van der Waals surface area contributed by atoms with Crippen LogP contribution in [0, 0.1) is 11.1 Å². The summed E-state index contributed by atoms with van der Waals surface area (Å²) >= 11 is 13.7. The summed E-state index contributed by atoms with van der Waals surface area (Å²) < 4.78 is 76.5. The van der Waals surface area contributed by atoms with Crippen molar-refractivity contribution in [2.75, 3.05) is 18.9 Å². The molecule has 4 aromatic rings. The fourth-order valence-corrected chi connectivity index (χ4v) is 8.63. The van der Waals surface area contributed by atoms with Crippen LogP contribution in [0.5, 0.6) is 11.5 Å². The fraction of sp³-hybridized carbons (Fsp3) is 0.345. The number of hydrogen-bond acceptors (Lipinski definition) is 10. The third-order valence-electron chi connectivity index (χ3n) is 7.48. The maximum atomic E-state index is 13.8. The van der Waals surface area contributed by atoms with Gasteiger partial charge in [-0.15, -0.1) is 11.8 Å². The minimum atomic E-state index is -4.28. The first kappa shape index (κ1) is 33.3. The van der Waals surface area contributed by atoms with E-state index < -0.39 is 39.8 Å². The van der Waals surface area contributed by atoms with Crippen molar-refractivity contribution in [1.29, 1.82) is 0 Å². The van der Waals surface area contributed by atoms with Gasteiger partial charge in [0.2, 0.25) is 10.0 Å². The molecule has 6 rings (SSSR count). The molecule has 2 atom stereocenters. The third kappa shape index (κ3) is 7.46. The molecular formula is C29H25Cl2F2N3O9S2. The molecule has 2 aromatic carbocycles. The topological polar surface area (TPSA) is 155 Å². The lowest BCUT2D eigenvalue weighted by atomic mass is 10.0. The lowest BCUT2D eigenvalue weighted by Gasteiger charge is -2.26. The highest BCUT2D eigenvalue weighted by molar-refractivity contribution is 8.02. The molecule has 1 aliphatic heterocycles. The molecule has 2 aromatic heterocycles. The Bertz CT molecular complexity index is 1970. The number of nitrogens with one attached hydrogen (secondary N) is 1. The molecule has 12 nitrogen and oxygen atoms in total. The highest BCUT2D eigenvalue weighted by Gasteiger charge is 2.42. The lowest BCUT2D eigenvalue weighted by Crippen LogP contribution is -2.40. The van der Waals surface area contributed by atoms with E-state index in [0.717, 1.165) is 41.3 Å². The van der Waals surface area contributed by atoms with E-state index in [4.69, 9.17) is 37.1 Å². The summed E-state index contributed by atoms with van der Waals surface area (Å²) in [6, 6.07) is 7.89. The van der Waals surface area contributed by atoms with Crippen molar-refractivity contribution >= 4 is 62.1 Å². The standard InChI is InChI=1S/C29H25Cl2F2N3O9S2/c30-19-12-35(39)13-20(31)18(19)11-23(16-3-6-22(44-28(32)33)25(9-16)42-14-15-1-2-15)43-27(37)26-36(7-8-46-26)47(40,41)17-4-5-21-24(10-17)45-29(38)34-21/h3-6,9-10,12-13,15,23,26,28H,1-2,7-8,11,14H2,(H,34,38). The summed E-state index contributed by atoms with van der Waals surface area (Å²) in [5.74, 6) is -1.37. The number of H-pyrrole nitrogens is 1. The van der Waals surface area contributed by atoms with Crippen molar-refractivity contribution in [1.82, 2.24) is 9.29 Å². The normalized spacial score (nSPS) is 17.7. The van der Waals surface area contributed by atoms with Gasteiger partial charge in [0.05, 0.1) is 17.0 Å². The van der Waals surface area contributed by atoms with Gasteiger partial charge in [-0.3, -0.25) is 4.98 Å². The van der Waals surface area contributed by atoms with Gasteiger partial charge in [0, 0.05) is 30.3 Å². The molecule has 18 heteroatoms. The van der Waals surface area contributed by atoms with Gasteiger partial charge in [-0.05, 0) is 48.6 Å². The number of benzene rings is 2. The number of pyridine rings is 1. The highest BCUT2D eigenvalue weighted by Crippen LogP contribution is 2.39. The number of oxazole rings is 1. The molecule has 1 aliphatic carbocycles. The number of halogens is 4. The van der Waals surface area contributed by atoms with Crippen LogP contribution in [-0.2, 0) is 26.0 Å². The largest absolute Gasteiger partial charge is 0.619 e. The average molecular weight is 733 g/mol. The van der Waals surface area contributed by atoms with Gasteiger partial charge in [-0.25, -0.2) is 18.0 Å². The monoisotopic (exact) mass is 731 g/mol. The number of alkyl halides is 2. The molecule has 2 aliphatic rings. The molecule has 1 saturated carbocycles. The summed E-state index contributed by atoms with van der Waals surface area (Å²) in [6.07, 6.45) is 2.63. The van der Waals surface area contributed by atoms with E-state index in [1.807, 2.05) is 0 Å². The molecule has 1 N–H and O–H groups in total. The van der Waals surface area contributed by atoms with Gasteiger partial charge in [0.25, 0.3) is 0 Å². The van der Waals surface area contributed by atoms with Gasteiger partial charge < -0.3 is 23.8 Å². The number of nitrogens with zero attached hydrogens (tertiary/aromatic N) is 2. The average Bonchev–Trinajstić information content (AvgIpc) is 3.54. The Morgan fingerprint density at radius 3 is 2.60 bits per heavy atom. The summed E-state index contributed by atoms with van der Waals surface area (Å²) in [5, 5.41) is 10.5. The minimum Gasteiger partial charge on any atom is -0.619 e. The van der Waals surface area contributed by atoms with Crippen LogP contribution in [0.1, 0.15) is 30.1 Å². The van der Waals surface area contributed by atoms with Crippen molar-refractivity contribution in [3.8, 4) is 11.5 Å². The van der Waals surface area contributed by atoms with Crippen LogP contribution < -0.4 is 20.0 Å². The predicted octanol–water partition coefficient (Wildman–Crippen LogP) is 5.04. The Balaban J connectivity index is 1.32. The number of ether oxygens (including phenoxy) is 3. The molecule has 47 heavy (non-hydrogen) atoms. The first-order valence-electron chi connectivity index (χ1n) is 14.1. The minimum absolute atomic E-state index is 0.00958. The van der Waals surface area contributed by atoms with Gasteiger partial charge in [-0.1, -0.05) is 29.3 Å². The predicted molar refractivity (Wildman–Crippen MR) is 166 cm³/mol. The third-order valence-corrected chi connectivity index (χ3v) is 11.3. The van der Waals surface area contributed by atoms with E-state index in [9.17, 15) is 32.0 Å². The van der Waals surface area contributed by atoms with E-state index >= 15 is 0 Å². The number of hydrogen-bond donors (Lipinski definition) is 1. The second kappa shape index (κ2) is 13.5. The van der Waals surface area contributed by atoms with Crippen LogP contribution >= 0.6 is 35.0 Å². The van der Waals surface area contributed by atoms with E-state index in [2.05, 4.69) is 9.72 Å². The van der Waals surface area contributed by atoms with Gasteiger partial charge >= 0.3 is 18.3 Å². The van der Waals surface area contributed by atoms with Crippen LogP contribution in [0.15, 0.2) is 62.9 Å².